The minimum absolute atomic E-state index is 0.243. The van der Waals surface area contributed by atoms with Crippen LogP contribution in [0.4, 0.5) is 0 Å². The Morgan fingerprint density at radius 3 is 2.76 bits per heavy atom. The lowest BCUT2D eigenvalue weighted by Crippen LogP contribution is -2.33. The van der Waals surface area contributed by atoms with E-state index in [1.54, 1.807) is 0 Å². The van der Waals surface area contributed by atoms with Crippen LogP contribution in [-0.4, -0.2) is 25.0 Å². The number of rotatable bonds is 7. The molecule has 0 bridgehead atoms. The lowest BCUT2D eigenvalue weighted by Gasteiger charge is -2.22. The molecule has 0 aromatic heterocycles. The second-order valence-electron chi connectivity index (χ2n) is 5.34. The van der Waals surface area contributed by atoms with Gasteiger partial charge in [0.15, 0.2) is 0 Å². The second kappa shape index (κ2) is 8.51. The first-order valence-electron chi connectivity index (χ1n) is 7.22. The summed E-state index contributed by atoms with van der Waals surface area (Å²) in [5, 5.41) is 6.46. The van der Waals surface area contributed by atoms with Crippen LogP contribution in [0.5, 0.6) is 0 Å². The minimum Gasteiger partial charge on any atom is -0.354 e. The second-order valence-corrected chi connectivity index (χ2v) is 5.34. The summed E-state index contributed by atoms with van der Waals surface area (Å²) in [6.07, 6.45) is 7.76. The van der Waals surface area contributed by atoms with Crippen molar-refractivity contribution in [3.05, 3.63) is 0 Å². The normalized spacial score (nSPS) is 18.9. The quantitative estimate of drug-likeness (QED) is 0.718. The monoisotopic (exact) mass is 240 g/mol. The lowest BCUT2D eigenvalue weighted by atomic mass is 9.93. The molecule has 3 heteroatoms. The number of piperidine rings is 1. The third-order valence-corrected chi connectivity index (χ3v) is 3.64. The Balaban J connectivity index is 2.07. The standard InChI is InChI=1S/C14H28N2O/c1-3-4-5-12(2)16-14(17)7-6-13-8-10-15-11-9-13/h12-13,15H,3-11H2,1-2H3,(H,16,17). The number of hydrogen-bond acceptors (Lipinski definition) is 2. The van der Waals surface area contributed by atoms with Crippen molar-refractivity contribution in [1.82, 2.24) is 10.6 Å². The lowest BCUT2D eigenvalue weighted by molar-refractivity contribution is -0.122. The van der Waals surface area contributed by atoms with Gasteiger partial charge in [0.2, 0.25) is 5.91 Å². The van der Waals surface area contributed by atoms with Gasteiger partial charge in [0.1, 0.15) is 0 Å². The molecule has 1 amide bonds. The molecule has 0 aliphatic carbocycles. The fourth-order valence-corrected chi connectivity index (χ4v) is 2.44. The van der Waals surface area contributed by atoms with Crippen LogP contribution >= 0.6 is 0 Å². The van der Waals surface area contributed by atoms with Crippen LogP contribution in [0.2, 0.25) is 0 Å². The Labute approximate surface area is 106 Å². The molecule has 0 spiro atoms. The maximum atomic E-state index is 11.7. The van der Waals surface area contributed by atoms with Gasteiger partial charge >= 0.3 is 0 Å². The summed E-state index contributed by atoms with van der Waals surface area (Å²) in [6.45, 7) is 6.54. The summed E-state index contributed by atoms with van der Waals surface area (Å²) in [5.41, 5.74) is 0. The van der Waals surface area contributed by atoms with Gasteiger partial charge in [0.05, 0.1) is 0 Å². The van der Waals surface area contributed by atoms with Crippen LogP contribution in [0.25, 0.3) is 0 Å². The van der Waals surface area contributed by atoms with Crippen LogP contribution in [0, 0.1) is 5.92 Å². The van der Waals surface area contributed by atoms with Crippen molar-refractivity contribution in [2.75, 3.05) is 13.1 Å². The zero-order chi connectivity index (χ0) is 12.5. The molecular weight excluding hydrogens is 212 g/mol. The van der Waals surface area contributed by atoms with Crippen LogP contribution in [-0.2, 0) is 4.79 Å². The fourth-order valence-electron chi connectivity index (χ4n) is 2.44. The van der Waals surface area contributed by atoms with E-state index < -0.39 is 0 Å². The van der Waals surface area contributed by atoms with E-state index in [9.17, 15) is 4.79 Å². The maximum absolute atomic E-state index is 11.7. The molecule has 17 heavy (non-hydrogen) atoms. The number of amides is 1. The predicted molar refractivity (Wildman–Crippen MR) is 72.0 cm³/mol. The van der Waals surface area contributed by atoms with E-state index in [1.165, 1.54) is 25.7 Å². The summed E-state index contributed by atoms with van der Waals surface area (Å²) in [7, 11) is 0. The molecule has 1 atom stereocenters. The third-order valence-electron chi connectivity index (χ3n) is 3.64. The molecule has 1 aliphatic rings. The molecule has 0 aromatic carbocycles. The average molecular weight is 240 g/mol. The molecule has 0 aromatic rings. The fraction of sp³-hybridized carbons (Fsp3) is 0.929. The first kappa shape index (κ1) is 14.5. The molecule has 1 aliphatic heterocycles. The van der Waals surface area contributed by atoms with Crippen LogP contribution < -0.4 is 10.6 Å². The molecule has 0 saturated carbocycles. The van der Waals surface area contributed by atoms with Crippen molar-refractivity contribution in [2.24, 2.45) is 5.92 Å². The summed E-state index contributed by atoms with van der Waals surface area (Å²) in [5.74, 6) is 1.00. The zero-order valence-corrected chi connectivity index (χ0v) is 11.4. The van der Waals surface area contributed by atoms with E-state index >= 15 is 0 Å². The van der Waals surface area contributed by atoms with Gasteiger partial charge in [-0.25, -0.2) is 0 Å². The van der Waals surface area contributed by atoms with Crippen LogP contribution in [0.1, 0.15) is 58.8 Å². The van der Waals surface area contributed by atoms with E-state index in [0.29, 0.717) is 12.5 Å². The van der Waals surface area contributed by atoms with Gasteiger partial charge in [-0.3, -0.25) is 4.79 Å². The van der Waals surface area contributed by atoms with Crippen LogP contribution in [0.3, 0.4) is 0 Å². The third kappa shape index (κ3) is 6.67. The highest BCUT2D eigenvalue weighted by Crippen LogP contribution is 2.17. The van der Waals surface area contributed by atoms with Crippen molar-refractivity contribution in [3.8, 4) is 0 Å². The summed E-state index contributed by atoms with van der Waals surface area (Å²) < 4.78 is 0. The minimum atomic E-state index is 0.243. The molecule has 1 unspecified atom stereocenters. The van der Waals surface area contributed by atoms with Crippen molar-refractivity contribution in [3.63, 3.8) is 0 Å². The van der Waals surface area contributed by atoms with Gasteiger partial charge in [-0.05, 0) is 51.6 Å². The van der Waals surface area contributed by atoms with Crippen molar-refractivity contribution in [1.29, 1.82) is 0 Å². The summed E-state index contributed by atoms with van der Waals surface area (Å²) >= 11 is 0. The van der Waals surface area contributed by atoms with Gasteiger partial charge in [0, 0.05) is 12.5 Å². The highest BCUT2D eigenvalue weighted by Gasteiger charge is 2.15. The zero-order valence-electron chi connectivity index (χ0n) is 11.4. The number of carbonyl (C=O) groups excluding carboxylic acids is 1. The highest BCUT2D eigenvalue weighted by atomic mass is 16.1. The smallest absolute Gasteiger partial charge is 0.220 e. The molecule has 1 rings (SSSR count). The predicted octanol–water partition coefficient (Wildman–Crippen LogP) is 2.46. The Kier molecular flexibility index (Phi) is 7.25. The Hall–Kier alpha value is -0.570. The molecular formula is C14H28N2O. The Morgan fingerprint density at radius 2 is 2.12 bits per heavy atom. The number of nitrogens with one attached hydrogen (secondary N) is 2. The average Bonchev–Trinajstić information content (AvgIpc) is 2.35. The van der Waals surface area contributed by atoms with Gasteiger partial charge < -0.3 is 10.6 Å². The van der Waals surface area contributed by atoms with Crippen LogP contribution in [0.15, 0.2) is 0 Å². The number of hydrogen-bond donors (Lipinski definition) is 2. The van der Waals surface area contributed by atoms with Gasteiger partial charge in [-0.15, -0.1) is 0 Å². The van der Waals surface area contributed by atoms with E-state index in [0.717, 1.165) is 31.8 Å². The van der Waals surface area contributed by atoms with Gasteiger partial charge in [0.25, 0.3) is 0 Å². The van der Waals surface area contributed by atoms with Gasteiger partial charge in [-0.2, -0.15) is 0 Å². The summed E-state index contributed by atoms with van der Waals surface area (Å²) in [6, 6.07) is 0.343. The van der Waals surface area contributed by atoms with Gasteiger partial charge in [-0.1, -0.05) is 19.8 Å². The Morgan fingerprint density at radius 1 is 1.41 bits per heavy atom. The molecule has 1 saturated heterocycles. The van der Waals surface area contributed by atoms with E-state index in [2.05, 4.69) is 24.5 Å². The van der Waals surface area contributed by atoms with E-state index in [-0.39, 0.29) is 5.91 Å². The van der Waals surface area contributed by atoms with E-state index in [1.807, 2.05) is 0 Å². The van der Waals surface area contributed by atoms with Crippen molar-refractivity contribution < 1.29 is 4.79 Å². The largest absolute Gasteiger partial charge is 0.354 e. The highest BCUT2D eigenvalue weighted by molar-refractivity contribution is 5.76. The number of unbranched alkanes of at least 4 members (excludes halogenated alkanes) is 1. The summed E-state index contributed by atoms with van der Waals surface area (Å²) in [4.78, 5) is 11.7. The molecule has 3 nitrogen and oxygen atoms in total. The van der Waals surface area contributed by atoms with Crippen molar-refractivity contribution in [2.45, 2.75) is 64.8 Å². The molecule has 100 valence electrons. The molecule has 0 radical (unpaired) electrons. The van der Waals surface area contributed by atoms with Crippen molar-refractivity contribution >= 4 is 5.91 Å². The maximum Gasteiger partial charge on any atom is 0.220 e. The molecule has 1 fully saturated rings. The van der Waals surface area contributed by atoms with E-state index in [4.69, 9.17) is 0 Å². The topological polar surface area (TPSA) is 41.1 Å². The number of carbonyl (C=O) groups is 1. The first-order valence-corrected chi connectivity index (χ1v) is 7.22. The SMILES string of the molecule is CCCCC(C)NC(=O)CCC1CCNCC1. The molecule has 1 heterocycles. The molecule has 2 N–H and O–H groups in total. The first-order chi connectivity index (χ1) is 8.22. The Bertz CT molecular complexity index is 212.